The van der Waals surface area contributed by atoms with Gasteiger partial charge in [-0.3, -0.25) is 14.4 Å². The number of amides is 3. The van der Waals surface area contributed by atoms with Crippen LogP contribution >= 0.6 is 0 Å². The normalized spacial score (nSPS) is 18.0. The van der Waals surface area contributed by atoms with Gasteiger partial charge in [-0.1, -0.05) is 44.2 Å². The maximum absolute atomic E-state index is 13.1. The minimum absolute atomic E-state index is 0.0800. The molecule has 0 aliphatic carbocycles. The van der Waals surface area contributed by atoms with Crippen LogP contribution in [0.15, 0.2) is 30.3 Å². The fraction of sp³-hybridized carbons (Fsp3) is 0.524. The fourth-order valence-electron chi connectivity index (χ4n) is 3.37. The van der Waals surface area contributed by atoms with Crippen LogP contribution in [-0.4, -0.2) is 64.9 Å². The van der Waals surface area contributed by atoms with E-state index in [1.54, 1.807) is 13.8 Å². The molecule has 1 aromatic rings. The zero-order valence-electron chi connectivity index (χ0n) is 17.3. The number of hydrogen-bond acceptors (Lipinski definition) is 5. The van der Waals surface area contributed by atoms with Crippen LogP contribution in [0.1, 0.15) is 32.3 Å². The summed E-state index contributed by atoms with van der Waals surface area (Å²) < 4.78 is 0. The molecule has 3 amide bonds. The highest BCUT2D eigenvalue weighted by molar-refractivity contribution is 5.93. The van der Waals surface area contributed by atoms with E-state index in [1.165, 1.54) is 4.90 Å². The van der Waals surface area contributed by atoms with Crippen LogP contribution in [0, 0.1) is 5.92 Å². The van der Waals surface area contributed by atoms with Crippen LogP contribution in [0.5, 0.6) is 0 Å². The standard InChI is InChI=1S/C21H30N4O5/c1-13(2)18(22)19(27)23-12-17(26)24-15(11-14-7-4-3-5-8-14)20(28)25-10-6-9-16(25)21(29)30/h3-5,7-8,13,15-16,18H,6,9-12,22H2,1-2H3,(H,23,27)(H,24,26)(H,29,30)/t15-,16-,18-/m0/s1. The van der Waals surface area contributed by atoms with E-state index < -0.39 is 41.8 Å². The number of nitrogens with one attached hydrogen (secondary N) is 2. The molecule has 30 heavy (non-hydrogen) atoms. The molecule has 164 valence electrons. The molecular weight excluding hydrogens is 388 g/mol. The van der Waals surface area contributed by atoms with Crippen molar-refractivity contribution in [2.75, 3.05) is 13.1 Å². The summed E-state index contributed by atoms with van der Waals surface area (Å²) in [5.74, 6) is -2.57. The second kappa shape index (κ2) is 10.7. The Bertz CT molecular complexity index is 768. The van der Waals surface area contributed by atoms with Crippen LogP contribution in [0.25, 0.3) is 0 Å². The third-order valence-electron chi connectivity index (χ3n) is 5.18. The zero-order valence-corrected chi connectivity index (χ0v) is 17.3. The molecule has 1 aliphatic heterocycles. The summed E-state index contributed by atoms with van der Waals surface area (Å²) in [5, 5.41) is 14.5. The minimum atomic E-state index is -1.06. The van der Waals surface area contributed by atoms with Crippen LogP contribution in [0.4, 0.5) is 0 Å². The molecular formula is C21H30N4O5. The van der Waals surface area contributed by atoms with Crippen molar-refractivity contribution >= 4 is 23.7 Å². The second-order valence-electron chi connectivity index (χ2n) is 7.83. The highest BCUT2D eigenvalue weighted by Crippen LogP contribution is 2.19. The lowest BCUT2D eigenvalue weighted by Gasteiger charge is -2.27. The van der Waals surface area contributed by atoms with Crippen molar-refractivity contribution in [1.82, 2.24) is 15.5 Å². The van der Waals surface area contributed by atoms with Gasteiger partial charge in [-0.05, 0) is 24.3 Å². The first kappa shape index (κ1) is 23.3. The molecule has 5 N–H and O–H groups in total. The molecule has 0 radical (unpaired) electrons. The number of carbonyl (C=O) groups excluding carboxylic acids is 3. The van der Waals surface area contributed by atoms with Gasteiger partial charge in [0.15, 0.2) is 0 Å². The molecule has 0 unspecified atom stereocenters. The summed E-state index contributed by atoms with van der Waals surface area (Å²) >= 11 is 0. The van der Waals surface area contributed by atoms with E-state index in [-0.39, 0.29) is 18.9 Å². The summed E-state index contributed by atoms with van der Waals surface area (Å²) in [7, 11) is 0. The third-order valence-corrected chi connectivity index (χ3v) is 5.18. The van der Waals surface area contributed by atoms with Crippen molar-refractivity contribution < 1.29 is 24.3 Å². The van der Waals surface area contributed by atoms with Crippen LogP contribution in [0.2, 0.25) is 0 Å². The quantitative estimate of drug-likeness (QED) is 0.441. The van der Waals surface area contributed by atoms with Crippen molar-refractivity contribution in [3.05, 3.63) is 35.9 Å². The van der Waals surface area contributed by atoms with Gasteiger partial charge in [0.1, 0.15) is 12.1 Å². The smallest absolute Gasteiger partial charge is 0.326 e. The highest BCUT2D eigenvalue weighted by atomic mass is 16.4. The molecule has 1 saturated heterocycles. The van der Waals surface area contributed by atoms with E-state index in [1.807, 2.05) is 30.3 Å². The van der Waals surface area contributed by atoms with Gasteiger partial charge in [0.25, 0.3) is 0 Å². The maximum atomic E-state index is 13.1. The number of aliphatic carboxylic acids is 1. The van der Waals surface area contributed by atoms with E-state index in [0.717, 1.165) is 5.56 Å². The maximum Gasteiger partial charge on any atom is 0.326 e. The van der Waals surface area contributed by atoms with Gasteiger partial charge in [0.2, 0.25) is 17.7 Å². The Balaban J connectivity index is 2.08. The molecule has 0 spiro atoms. The Morgan fingerprint density at radius 3 is 2.47 bits per heavy atom. The molecule has 9 nitrogen and oxygen atoms in total. The van der Waals surface area contributed by atoms with E-state index >= 15 is 0 Å². The topological polar surface area (TPSA) is 142 Å². The summed E-state index contributed by atoms with van der Waals surface area (Å²) in [5.41, 5.74) is 6.59. The number of carboxylic acids is 1. The minimum Gasteiger partial charge on any atom is -0.480 e. The third kappa shape index (κ3) is 6.28. The lowest BCUT2D eigenvalue weighted by atomic mass is 10.0. The number of nitrogens with two attached hydrogens (primary N) is 1. The predicted octanol–water partition coefficient (Wildman–Crippen LogP) is -0.111. The number of benzene rings is 1. The molecule has 0 saturated carbocycles. The lowest BCUT2D eigenvalue weighted by molar-refractivity contribution is -0.149. The van der Waals surface area contributed by atoms with E-state index in [0.29, 0.717) is 19.4 Å². The van der Waals surface area contributed by atoms with Gasteiger partial charge in [0.05, 0.1) is 12.6 Å². The number of carboxylic acid groups (broad SMARTS) is 1. The van der Waals surface area contributed by atoms with Gasteiger partial charge in [-0.2, -0.15) is 0 Å². The predicted molar refractivity (Wildman–Crippen MR) is 110 cm³/mol. The highest BCUT2D eigenvalue weighted by Gasteiger charge is 2.37. The Kier molecular flexibility index (Phi) is 8.35. The lowest BCUT2D eigenvalue weighted by Crippen LogP contribution is -2.54. The van der Waals surface area contributed by atoms with Gasteiger partial charge in [0, 0.05) is 13.0 Å². The number of rotatable bonds is 9. The van der Waals surface area contributed by atoms with Crippen LogP contribution in [0.3, 0.4) is 0 Å². The number of nitrogens with zero attached hydrogens (tertiary/aromatic N) is 1. The van der Waals surface area contributed by atoms with Crippen molar-refractivity contribution in [3.63, 3.8) is 0 Å². The monoisotopic (exact) mass is 418 g/mol. The first-order valence-electron chi connectivity index (χ1n) is 10.1. The van der Waals surface area contributed by atoms with Gasteiger partial charge < -0.3 is 26.4 Å². The summed E-state index contributed by atoms with van der Waals surface area (Å²) in [6, 6.07) is 6.58. The molecule has 1 aromatic carbocycles. The Morgan fingerprint density at radius 2 is 1.87 bits per heavy atom. The van der Waals surface area contributed by atoms with E-state index in [2.05, 4.69) is 10.6 Å². The zero-order chi connectivity index (χ0) is 22.3. The molecule has 1 aliphatic rings. The summed E-state index contributed by atoms with van der Waals surface area (Å²) in [6.45, 7) is 3.61. The van der Waals surface area contributed by atoms with E-state index in [9.17, 15) is 24.3 Å². The molecule has 1 fully saturated rings. The largest absolute Gasteiger partial charge is 0.480 e. The fourth-order valence-corrected chi connectivity index (χ4v) is 3.37. The van der Waals surface area contributed by atoms with Crippen molar-refractivity contribution in [3.8, 4) is 0 Å². The molecule has 3 atom stereocenters. The molecule has 0 aromatic heterocycles. The first-order chi connectivity index (χ1) is 14.2. The Morgan fingerprint density at radius 1 is 1.20 bits per heavy atom. The average molecular weight is 418 g/mol. The van der Waals surface area contributed by atoms with Gasteiger partial charge in [-0.15, -0.1) is 0 Å². The van der Waals surface area contributed by atoms with Gasteiger partial charge >= 0.3 is 5.97 Å². The van der Waals surface area contributed by atoms with Crippen LogP contribution < -0.4 is 16.4 Å². The summed E-state index contributed by atoms with van der Waals surface area (Å²) in [6.07, 6.45) is 1.20. The first-order valence-corrected chi connectivity index (χ1v) is 10.1. The number of carbonyl (C=O) groups is 4. The molecule has 9 heteroatoms. The van der Waals surface area contributed by atoms with Crippen molar-refractivity contribution in [1.29, 1.82) is 0 Å². The Hall–Kier alpha value is -2.94. The van der Waals surface area contributed by atoms with Crippen molar-refractivity contribution in [2.45, 2.75) is 51.2 Å². The van der Waals surface area contributed by atoms with Crippen molar-refractivity contribution in [2.24, 2.45) is 11.7 Å². The average Bonchev–Trinajstić information content (AvgIpc) is 3.21. The molecule has 1 heterocycles. The number of likely N-dealkylation sites (tertiary alicyclic amines) is 1. The second-order valence-corrected chi connectivity index (χ2v) is 7.83. The SMILES string of the molecule is CC(C)[C@H](N)C(=O)NCC(=O)N[C@@H](Cc1ccccc1)C(=O)N1CCC[C@H]1C(=O)O. The number of hydrogen-bond donors (Lipinski definition) is 4. The summed E-state index contributed by atoms with van der Waals surface area (Å²) in [4.78, 5) is 50.3. The van der Waals surface area contributed by atoms with Crippen LogP contribution in [-0.2, 0) is 25.6 Å². The molecule has 0 bridgehead atoms. The Labute approximate surface area is 176 Å². The van der Waals surface area contributed by atoms with E-state index in [4.69, 9.17) is 5.73 Å². The van der Waals surface area contributed by atoms with Gasteiger partial charge in [-0.25, -0.2) is 4.79 Å². The molecule has 2 rings (SSSR count).